The molecule has 140 valence electrons. The van der Waals surface area contributed by atoms with Crippen molar-refractivity contribution in [1.82, 2.24) is 14.5 Å². The first kappa shape index (κ1) is 17.4. The average Bonchev–Trinajstić information content (AvgIpc) is 3.16. The first-order chi connectivity index (χ1) is 12.8. The fourth-order valence-corrected chi connectivity index (χ4v) is 4.70. The number of hydrogen-bond donors (Lipinski definition) is 0. The van der Waals surface area contributed by atoms with Crippen molar-refractivity contribution in [2.75, 3.05) is 27.3 Å². The molecule has 0 bridgehead atoms. The minimum atomic E-state index is 0.713. The highest BCUT2D eigenvalue weighted by molar-refractivity contribution is 5.61. The lowest BCUT2D eigenvalue weighted by Gasteiger charge is -2.44. The van der Waals surface area contributed by atoms with E-state index in [1.54, 1.807) is 14.2 Å². The zero-order chi connectivity index (χ0) is 17.9. The van der Waals surface area contributed by atoms with Crippen LogP contribution in [0.1, 0.15) is 32.1 Å². The van der Waals surface area contributed by atoms with E-state index in [-0.39, 0.29) is 0 Å². The Hall–Kier alpha value is -2.01. The van der Waals surface area contributed by atoms with Crippen molar-refractivity contribution >= 4 is 0 Å². The number of methoxy groups -OCH3 is 2. The molecular weight excluding hydrogens is 326 g/mol. The normalized spacial score (nSPS) is 23.5. The van der Waals surface area contributed by atoms with Gasteiger partial charge in [0.25, 0.3) is 0 Å². The molecule has 3 heterocycles. The summed E-state index contributed by atoms with van der Waals surface area (Å²) >= 11 is 0. The van der Waals surface area contributed by atoms with Crippen LogP contribution in [0, 0.1) is 5.92 Å². The van der Waals surface area contributed by atoms with Gasteiger partial charge in [0.1, 0.15) is 17.3 Å². The maximum absolute atomic E-state index is 5.43. The summed E-state index contributed by atoms with van der Waals surface area (Å²) in [6, 6.07) is 6.72. The van der Waals surface area contributed by atoms with Crippen molar-refractivity contribution in [3.8, 4) is 22.9 Å². The molecule has 2 aromatic rings. The van der Waals surface area contributed by atoms with Crippen molar-refractivity contribution in [2.24, 2.45) is 5.92 Å². The number of hydrogen-bond acceptors (Lipinski definition) is 4. The van der Waals surface area contributed by atoms with E-state index < -0.39 is 0 Å². The van der Waals surface area contributed by atoms with Crippen molar-refractivity contribution in [3.05, 3.63) is 30.6 Å². The highest BCUT2D eigenvalue weighted by Gasteiger charge is 2.33. The Balaban J connectivity index is 1.59. The van der Waals surface area contributed by atoms with Crippen LogP contribution in [0.25, 0.3) is 11.4 Å². The summed E-state index contributed by atoms with van der Waals surface area (Å²) < 4.78 is 13.2. The summed E-state index contributed by atoms with van der Waals surface area (Å²) in [4.78, 5) is 7.37. The third-order valence-electron chi connectivity index (χ3n) is 5.98. The molecule has 1 aromatic carbocycles. The molecule has 26 heavy (non-hydrogen) atoms. The van der Waals surface area contributed by atoms with Crippen molar-refractivity contribution in [1.29, 1.82) is 0 Å². The predicted octanol–water partition coefficient (Wildman–Crippen LogP) is 3.83. The molecule has 0 spiro atoms. The van der Waals surface area contributed by atoms with Crippen molar-refractivity contribution in [3.63, 3.8) is 0 Å². The summed E-state index contributed by atoms with van der Waals surface area (Å²) in [5, 5.41) is 0. The fraction of sp³-hybridized carbons (Fsp3) is 0.571. The number of benzene rings is 1. The molecule has 0 N–H and O–H groups in total. The summed E-state index contributed by atoms with van der Waals surface area (Å²) in [5.74, 6) is 3.30. The summed E-state index contributed by atoms with van der Waals surface area (Å²) in [6.07, 6.45) is 10.7. The molecule has 4 rings (SSSR count). The lowest BCUT2D eigenvalue weighted by atomic mass is 9.83. The predicted molar refractivity (Wildman–Crippen MR) is 103 cm³/mol. The van der Waals surface area contributed by atoms with Gasteiger partial charge in [-0.2, -0.15) is 0 Å². The summed E-state index contributed by atoms with van der Waals surface area (Å²) in [7, 11) is 3.37. The Kier molecular flexibility index (Phi) is 5.16. The number of nitrogens with zero attached hydrogens (tertiary/aromatic N) is 3. The van der Waals surface area contributed by atoms with Gasteiger partial charge in [-0.15, -0.1) is 0 Å². The first-order valence-corrected chi connectivity index (χ1v) is 9.77. The van der Waals surface area contributed by atoms with E-state index >= 15 is 0 Å². The van der Waals surface area contributed by atoms with Gasteiger partial charge in [0, 0.05) is 36.6 Å². The Morgan fingerprint density at radius 2 is 1.77 bits per heavy atom. The standard InChI is InChI=1S/C21H29N3O2/c1-25-18-12-17(13-19(14-18)26-2)21-22-8-11-24(21)15-16-6-5-10-23-9-4-3-7-20(16)23/h8,11-14,16,20H,3-7,9-10,15H2,1-2H3/t16-,20+/m0/s1. The fourth-order valence-electron chi connectivity index (χ4n) is 4.70. The van der Waals surface area contributed by atoms with Crippen LogP contribution in [-0.2, 0) is 6.54 Å². The molecule has 2 atom stereocenters. The first-order valence-electron chi connectivity index (χ1n) is 9.77. The van der Waals surface area contributed by atoms with E-state index in [2.05, 4.69) is 20.6 Å². The number of fused-ring (bicyclic) bond motifs is 1. The van der Waals surface area contributed by atoms with Gasteiger partial charge in [-0.05, 0) is 56.8 Å². The van der Waals surface area contributed by atoms with Gasteiger partial charge in [-0.1, -0.05) is 6.42 Å². The Bertz CT molecular complexity index is 718. The van der Waals surface area contributed by atoms with Crippen LogP contribution in [0.5, 0.6) is 11.5 Å². The molecule has 1 aromatic heterocycles. The summed E-state index contributed by atoms with van der Waals surface area (Å²) in [6.45, 7) is 3.60. The van der Waals surface area contributed by atoms with Crippen LogP contribution in [0.4, 0.5) is 0 Å². The molecule has 0 aliphatic carbocycles. The van der Waals surface area contributed by atoms with Gasteiger partial charge in [0.05, 0.1) is 14.2 Å². The van der Waals surface area contributed by atoms with Crippen LogP contribution in [-0.4, -0.2) is 47.8 Å². The molecule has 0 unspecified atom stereocenters. The molecule has 5 nitrogen and oxygen atoms in total. The molecule has 2 aliphatic heterocycles. The second-order valence-electron chi connectivity index (χ2n) is 7.51. The zero-order valence-corrected chi connectivity index (χ0v) is 15.9. The van der Waals surface area contributed by atoms with E-state index in [4.69, 9.17) is 9.47 Å². The Morgan fingerprint density at radius 3 is 2.54 bits per heavy atom. The highest BCUT2D eigenvalue weighted by atomic mass is 16.5. The smallest absolute Gasteiger partial charge is 0.140 e. The van der Waals surface area contributed by atoms with Gasteiger partial charge >= 0.3 is 0 Å². The molecule has 0 saturated carbocycles. The number of ether oxygens (including phenoxy) is 2. The van der Waals surface area contributed by atoms with Crippen LogP contribution in [0.2, 0.25) is 0 Å². The van der Waals surface area contributed by atoms with Gasteiger partial charge in [0.2, 0.25) is 0 Å². The topological polar surface area (TPSA) is 39.5 Å². The molecule has 2 fully saturated rings. The second kappa shape index (κ2) is 7.70. The SMILES string of the molecule is COc1cc(OC)cc(-c2nccn2C[C@@H]2CCCN3CCCC[C@H]23)c1. The quantitative estimate of drug-likeness (QED) is 0.817. The van der Waals surface area contributed by atoms with E-state index in [0.29, 0.717) is 5.92 Å². The molecule has 2 aliphatic rings. The van der Waals surface area contributed by atoms with Crippen LogP contribution < -0.4 is 9.47 Å². The van der Waals surface area contributed by atoms with Gasteiger partial charge < -0.3 is 18.9 Å². The molecule has 2 saturated heterocycles. The third kappa shape index (κ3) is 3.45. The van der Waals surface area contributed by atoms with Gasteiger partial charge in [-0.3, -0.25) is 0 Å². The molecule has 0 radical (unpaired) electrons. The highest BCUT2D eigenvalue weighted by Crippen LogP contribution is 2.34. The minimum absolute atomic E-state index is 0.713. The summed E-state index contributed by atoms with van der Waals surface area (Å²) in [5.41, 5.74) is 1.04. The maximum Gasteiger partial charge on any atom is 0.140 e. The Labute approximate surface area is 155 Å². The third-order valence-corrected chi connectivity index (χ3v) is 5.98. The Morgan fingerprint density at radius 1 is 1.00 bits per heavy atom. The molecule has 5 heteroatoms. The number of piperidine rings is 2. The van der Waals surface area contributed by atoms with Crippen LogP contribution >= 0.6 is 0 Å². The lowest BCUT2D eigenvalue weighted by molar-refractivity contribution is 0.0521. The lowest BCUT2D eigenvalue weighted by Crippen LogP contribution is -2.49. The van der Waals surface area contributed by atoms with E-state index in [1.165, 1.54) is 45.2 Å². The van der Waals surface area contributed by atoms with E-state index in [1.807, 2.05) is 24.4 Å². The van der Waals surface area contributed by atoms with Gasteiger partial charge in [-0.25, -0.2) is 4.98 Å². The maximum atomic E-state index is 5.43. The van der Waals surface area contributed by atoms with Crippen LogP contribution in [0.3, 0.4) is 0 Å². The number of imidazole rings is 1. The van der Waals surface area contributed by atoms with E-state index in [9.17, 15) is 0 Å². The monoisotopic (exact) mass is 355 g/mol. The van der Waals surface area contributed by atoms with Crippen LogP contribution in [0.15, 0.2) is 30.6 Å². The number of rotatable bonds is 5. The number of aromatic nitrogens is 2. The largest absolute Gasteiger partial charge is 0.497 e. The average molecular weight is 355 g/mol. The molecular formula is C21H29N3O2. The second-order valence-corrected chi connectivity index (χ2v) is 7.51. The van der Waals surface area contributed by atoms with E-state index in [0.717, 1.165) is 35.5 Å². The van der Waals surface area contributed by atoms with Crippen molar-refractivity contribution < 1.29 is 9.47 Å². The molecule has 0 amide bonds. The van der Waals surface area contributed by atoms with Gasteiger partial charge in [0.15, 0.2) is 0 Å². The minimum Gasteiger partial charge on any atom is -0.497 e. The van der Waals surface area contributed by atoms with Crippen molar-refractivity contribution in [2.45, 2.75) is 44.7 Å². The zero-order valence-electron chi connectivity index (χ0n) is 15.9.